The Morgan fingerprint density at radius 2 is 1.81 bits per heavy atom. The molecule has 0 bridgehead atoms. The van der Waals surface area contributed by atoms with Gasteiger partial charge >= 0.3 is 0 Å². The standard InChI is InChI=1S/C21H14BrFN2OS/c22-16-9-4-8-15(12-16)20(26)25(13-14-6-2-1-3-7-14)21-24-19-17(23)10-5-11-18(19)27-21/h1-12H,13H2. The van der Waals surface area contributed by atoms with Gasteiger partial charge in [-0.3, -0.25) is 9.69 Å². The minimum Gasteiger partial charge on any atom is -0.279 e. The van der Waals surface area contributed by atoms with Crippen LogP contribution in [0.25, 0.3) is 10.2 Å². The van der Waals surface area contributed by atoms with Crippen LogP contribution in [0, 0.1) is 5.82 Å². The number of fused-ring (bicyclic) bond motifs is 1. The van der Waals surface area contributed by atoms with Gasteiger partial charge < -0.3 is 0 Å². The molecule has 27 heavy (non-hydrogen) atoms. The summed E-state index contributed by atoms with van der Waals surface area (Å²) in [7, 11) is 0. The first kappa shape index (κ1) is 17.8. The fraction of sp³-hybridized carbons (Fsp3) is 0.0476. The summed E-state index contributed by atoms with van der Waals surface area (Å²) in [5.41, 5.74) is 1.80. The van der Waals surface area contributed by atoms with E-state index in [1.54, 1.807) is 23.1 Å². The second kappa shape index (κ2) is 7.58. The first-order valence-electron chi connectivity index (χ1n) is 8.28. The van der Waals surface area contributed by atoms with Gasteiger partial charge in [0.05, 0.1) is 11.2 Å². The molecular weight excluding hydrogens is 427 g/mol. The van der Waals surface area contributed by atoms with Gasteiger partial charge in [0.15, 0.2) is 5.13 Å². The predicted octanol–water partition coefficient (Wildman–Crippen LogP) is 6.04. The van der Waals surface area contributed by atoms with E-state index in [-0.39, 0.29) is 17.2 Å². The third-order valence-corrected chi connectivity index (χ3v) is 5.63. The van der Waals surface area contributed by atoms with Crippen LogP contribution in [0.4, 0.5) is 9.52 Å². The first-order chi connectivity index (χ1) is 13.1. The third kappa shape index (κ3) is 3.77. The predicted molar refractivity (Wildman–Crippen MR) is 111 cm³/mol. The number of rotatable bonds is 4. The normalized spacial score (nSPS) is 10.9. The van der Waals surface area contributed by atoms with Crippen molar-refractivity contribution in [2.24, 2.45) is 0 Å². The zero-order valence-corrected chi connectivity index (χ0v) is 16.5. The maximum absolute atomic E-state index is 14.1. The van der Waals surface area contributed by atoms with Crippen molar-refractivity contribution in [2.45, 2.75) is 6.54 Å². The maximum atomic E-state index is 14.1. The quantitative estimate of drug-likeness (QED) is 0.387. The van der Waals surface area contributed by atoms with Gasteiger partial charge in [-0.1, -0.05) is 69.7 Å². The van der Waals surface area contributed by atoms with Crippen molar-refractivity contribution < 1.29 is 9.18 Å². The van der Waals surface area contributed by atoms with Crippen molar-refractivity contribution in [3.05, 3.63) is 94.2 Å². The van der Waals surface area contributed by atoms with Gasteiger partial charge in [-0.15, -0.1) is 0 Å². The Morgan fingerprint density at radius 1 is 1.04 bits per heavy atom. The SMILES string of the molecule is O=C(c1cccc(Br)c1)N(Cc1ccccc1)c1nc2c(F)cccc2s1. The molecule has 1 amide bonds. The lowest BCUT2D eigenvalue weighted by Gasteiger charge is -2.20. The van der Waals surface area contributed by atoms with Crippen molar-refractivity contribution >= 4 is 48.5 Å². The van der Waals surface area contributed by atoms with Crippen molar-refractivity contribution in [1.82, 2.24) is 4.98 Å². The van der Waals surface area contributed by atoms with Gasteiger partial charge in [0.25, 0.3) is 5.91 Å². The van der Waals surface area contributed by atoms with Crippen LogP contribution in [-0.4, -0.2) is 10.9 Å². The minimum absolute atomic E-state index is 0.181. The molecule has 0 saturated heterocycles. The second-order valence-corrected chi connectivity index (χ2v) is 7.90. The molecule has 134 valence electrons. The highest BCUT2D eigenvalue weighted by molar-refractivity contribution is 9.10. The fourth-order valence-electron chi connectivity index (χ4n) is 2.79. The monoisotopic (exact) mass is 440 g/mol. The van der Waals surface area contributed by atoms with E-state index in [1.165, 1.54) is 17.4 Å². The Balaban J connectivity index is 1.79. The van der Waals surface area contributed by atoms with E-state index in [4.69, 9.17) is 0 Å². The Labute approximate surface area is 168 Å². The topological polar surface area (TPSA) is 33.2 Å². The van der Waals surface area contributed by atoms with Crippen LogP contribution < -0.4 is 4.90 Å². The lowest BCUT2D eigenvalue weighted by molar-refractivity contribution is 0.0985. The number of halogens is 2. The average molecular weight is 441 g/mol. The van der Waals surface area contributed by atoms with Gasteiger partial charge in [0, 0.05) is 10.0 Å². The van der Waals surface area contributed by atoms with Gasteiger partial charge in [-0.25, -0.2) is 9.37 Å². The van der Waals surface area contributed by atoms with Gasteiger partial charge in [0.2, 0.25) is 0 Å². The molecule has 6 heteroatoms. The molecule has 0 atom stereocenters. The molecule has 0 aliphatic rings. The molecule has 1 aromatic heterocycles. The summed E-state index contributed by atoms with van der Waals surface area (Å²) in [6.07, 6.45) is 0. The average Bonchev–Trinajstić information content (AvgIpc) is 3.12. The maximum Gasteiger partial charge on any atom is 0.260 e. The minimum atomic E-state index is -0.385. The van der Waals surface area contributed by atoms with E-state index in [1.807, 2.05) is 48.5 Å². The summed E-state index contributed by atoms with van der Waals surface area (Å²) in [6.45, 7) is 0.355. The van der Waals surface area contributed by atoms with Crippen LogP contribution in [0.5, 0.6) is 0 Å². The third-order valence-electron chi connectivity index (χ3n) is 4.09. The molecule has 0 radical (unpaired) electrons. The number of thiazole rings is 1. The molecular formula is C21H14BrFN2OS. The van der Waals surface area contributed by atoms with E-state index < -0.39 is 0 Å². The Hall–Kier alpha value is -2.57. The van der Waals surface area contributed by atoms with Crippen LogP contribution in [0.15, 0.2) is 77.3 Å². The summed E-state index contributed by atoms with van der Waals surface area (Å²) < 4.78 is 15.6. The number of carbonyl (C=O) groups is 1. The fourth-order valence-corrected chi connectivity index (χ4v) is 4.17. The highest BCUT2D eigenvalue weighted by Crippen LogP contribution is 2.32. The van der Waals surface area contributed by atoms with Gasteiger partial charge in [0.1, 0.15) is 11.3 Å². The molecule has 1 heterocycles. The molecule has 4 aromatic rings. The summed E-state index contributed by atoms with van der Waals surface area (Å²) in [5.74, 6) is -0.566. The Kier molecular flexibility index (Phi) is 5.01. The van der Waals surface area contributed by atoms with Crippen molar-refractivity contribution in [3.63, 3.8) is 0 Å². The number of anilines is 1. The number of para-hydroxylation sites is 1. The first-order valence-corrected chi connectivity index (χ1v) is 9.89. The Bertz CT molecular complexity index is 1110. The molecule has 0 spiro atoms. The summed E-state index contributed by atoms with van der Waals surface area (Å²) in [4.78, 5) is 19.3. The second-order valence-electron chi connectivity index (χ2n) is 5.97. The highest BCUT2D eigenvalue weighted by atomic mass is 79.9. The molecule has 0 unspecified atom stereocenters. The number of hydrogen-bond acceptors (Lipinski definition) is 3. The van der Waals surface area contributed by atoms with Crippen LogP contribution in [-0.2, 0) is 6.54 Å². The number of benzene rings is 3. The largest absolute Gasteiger partial charge is 0.279 e. The van der Waals surface area contributed by atoms with Crippen LogP contribution in [0.2, 0.25) is 0 Å². The smallest absolute Gasteiger partial charge is 0.260 e. The molecule has 0 aliphatic carbocycles. The van der Waals surface area contributed by atoms with E-state index in [2.05, 4.69) is 20.9 Å². The molecule has 3 nitrogen and oxygen atoms in total. The van der Waals surface area contributed by atoms with E-state index in [0.717, 1.165) is 10.0 Å². The zero-order chi connectivity index (χ0) is 18.8. The lowest BCUT2D eigenvalue weighted by Crippen LogP contribution is -2.30. The van der Waals surface area contributed by atoms with E-state index in [9.17, 15) is 9.18 Å². The molecule has 0 saturated carbocycles. The van der Waals surface area contributed by atoms with Gasteiger partial charge in [-0.2, -0.15) is 0 Å². The number of amides is 1. The summed E-state index contributed by atoms with van der Waals surface area (Å²) in [6, 6.07) is 21.7. The number of carbonyl (C=O) groups excluding carboxylic acids is 1. The highest BCUT2D eigenvalue weighted by Gasteiger charge is 2.22. The van der Waals surface area contributed by atoms with E-state index in [0.29, 0.717) is 21.9 Å². The molecule has 0 N–H and O–H groups in total. The zero-order valence-electron chi connectivity index (χ0n) is 14.1. The lowest BCUT2D eigenvalue weighted by atomic mass is 10.1. The van der Waals surface area contributed by atoms with Crippen molar-refractivity contribution in [2.75, 3.05) is 4.90 Å². The van der Waals surface area contributed by atoms with Crippen LogP contribution in [0.1, 0.15) is 15.9 Å². The number of nitrogens with zero attached hydrogens (tertiary/aromatic N) is 2. The van der Waals surface area contributed by atoms with Crippen LogP contribution in [0.3, 0.4) is 0 Å². The molecule has 3 aromatic carbocycles. The molecule has 4 rings (SSSR count). The molecule has 0 fully saturated rings. The number of hydrogen-bond donors (Lipinski definition) is 0. The van der Waals surface area contributed by atoms with Gasteiger partial charge in [-0.05, 0) is 35.9 Å². The Morgan fingerprint density at radius 3 is 2.56 bits per heavy atom. The summed E-state index contributed by atoms with van der Waals surface area (Å²) in [5, 5.41) is 0.476. The van der Waals surface area contributed by atoms with Crippen LogP contribution >= 0.6 is 27.3 Å². The van der Waals surface area contributed by atoms with E-state index >= 15 is 0 Å². The summed E-state index contributed by atoms with van der Waals surface area (Å²) >= 11 is 4.72. The van der Waals surface area contributed by atoms with Crippen molar-refractivity contribution in [3.8, 4) is 0 Å². The number of aromatic nitrogens is 1. The molecule has 0 aliphatic heterocycles. The van der Waals surface area contributed by atoms with Crippen molar-refractivity contribution in [1.29, 1.82) is 0 Å².